The number of rotatable bonds is 6. The minimum absolute atomic E-state index is 0.438. The molecule has 1 atom stereocenters. The third-order valence-electron chi connectivity index (χ3n) is 2.31. The number of halogens is 2. The van der Waals surface area contributed by atoms with Crippen LogP contribution in [0.15, 0.2) is 18.2 Å². The van der Waals surface area contributed by atoms with Crippen molar-refractivity contribution >= 4 is 23.2 Å². The Hall–Kier alpha value is -0.280. The minimum Gasteiger partial charge on any atom is -0.388 e. The molecule has 1 unspecified atom stereocenters. The molecule has 0 radical (unpaired) electrons. The van der Waals surface area contributed by atoms with Gasteiger partial charge in [-0.2, -0.15) is 0 Å². The summed E-state index contributed by atoms with van der Waals surface area (Å²) in [5.41, 5.74) is 0.686. The zero-order valence-corrected chi connectivity index (χ0v) is 10.8. The molecular weight excluding hydrogens is 247 g/mol. The number of hydrogen-bond donors (Lipinski definition) is 1. The zero-order valence-electron chi connectivity index (χ0n) is 9.25. The van der Waals surface area contributed by atoms with Crippen molar-refractivity contribution in [1.82, 2.24) is 0 Å². The molecule has 0 aliphatic heterocycles. The molecule has 1 aromatic rings. The van der Waals surface area contributed by atoms with Crippen molar-refractivity contribution in [3.05, 3.63) is 33.8 Å². The quantitative estimate of drug-likeness (QED) is 0.790. The molecule has 16 heavy (non-hydrogen) atoms. The van der Waals surface area contributed by atoms with Crippen LogP contribution in [0.4, 0.5) is 0 Å². The third-order valence-corrected chi connectivity index (χ3v) is 3.14. The van der Waals surface area contributed by atoms with E-state index in [4.69, 9.17) is 27.9 Å². The summed E-state index contributed by atoms with van der Waals surface area (Å²) in [4.78, 5) is 0. The second kappa shape index (κ2) is 7.13. The highest BCUT2D eigenvalue weighted by atomic mass is 35.5. The zero-order chi connectivity index (χ0) is 12.0. The van der Waals surface area contributed by atoms with Crippen molar-refractivity contribution < 1.29 is 9.84 Å². The van der Waals surface area contributed by atoms with Crippen LogP contribution in [0.2, 0.25) is 10.0 Å². The Balaban J connectivity index is 2.52. The van der Waals surface area contributed by atoms with Crippen LogP contribution in [-0.4, -0.2) is 18.3 Å². The van der Waals surface area contributed by atoms with Crippen molar-refractivity contribution in [1.29, 1.82) is 0 Å². The van der Waals surface area contributed by atoms with Crippen LogP contribution in [0.1, 0.15) is 31.4 Å². The highest BCUT2D eigenvalue weighted by Crippen LogP contribution is 2.31. The van der Waals surface area contributed by atoms with Gasteiger partial charge in [-0.1, -0.05) is 35.3 Å². The summed E-state index contributed by atoms with van der Waals surface area (Å²) in [7, 11) is 0. The SMILES string of the molecule is CCOCCCC(O)c1cccc(Cl)c1Cl. The molecule has 0 saturated heterocycles. The van der Waals surface area contributed by atoms with Gasteiger partial charge in [0.15, 0.2) is 0 Å². The van der Waals surface area contributed by atoms with E-state index < -0.39 is 6.10 Å². The predicted octanol–water partition coefficient (Wildman–Crippen LogP) is 3.84. The van der Waals surface area contributed by atoms with Crippen LogP contribution in [-0.2, 0) is 4.74 Å². The van der Waals surface area contributed by atoms with E-state index in [1.54, 1.807) is 18.2 Å². The van der Waals surface area contributed by atoms with E-state index in [9.17, 15) is 5.11 Å². The molecule has 1 N–H and O–H groups in total. The summed E-state index contributed by atoms with van der Waals surface area (Å²) in [6, 6.07) is 5.29. The average Bonchev–Trinajstić information content (AvgIpc) is 2.28. The van der Waals surface area contributed by atoms with Crippen molar-refractivity contribution in [2.75, 3.05) is 13.2 Å². The molecule has 0 heterocycles. The molecule has 0 spiro atoms. The van der Waals surface area contributed by atoms with Crippen LogP contribution < -0.4 is 0 Å². The predicted molar refractivity (Wildman–Crippen MR) is 67.1 cm³/mol. The Morgan fingerprint density at radius 1 is 1.38 bits per heavy atom. The molecular formula is C12H16Cl2O2. The number of benzene rings is 1. The monoisotopic (exact) mass is 262 g/mol. The Morgan fingerprint density at radius 3 is 2.81 bits per heavy atom. The van der Waals surface area contributed by atoms with Gasteiger partial charge in [0.25, 0.3) is 0 Å². The molecule has 90 valence electrons. The number of aliphatic hydroxyl groups is 1. The molecule has 0 bridgehead atoms. The maximum Gasteiger partial charge on any atom is 0.0805 e. The third kappa shape index (κ3) is 3.95. The van der Waals surface area contributed by atoms with Crippen LogP contribution in [0.5, 0.6) is 0 Å². The van der Waals surface area contributed by atoms with Crippen LogP contribution in [0.25, 0.3) is 0 Å². The van der Waals surface area contributed by atoms with E-state index in [1.807, 2.05) is 6.92 Å². The van der Waals surface area contributed by atoms with Crippen molar-refractivity contribution in [3.63, 3.8) is 0 Å². The maximum atomic E-state index is 9.93. The standard InChI is InChI=1S/C12H16Cl2O2/c1-2-16-8-4-7-11(15)9-5-3-6-10(13)12(9)14/h3,5-6,11,15H,2,4,7-8H2,1H3. The van der Waals surface area contributed by atoms with Gasteiger partial charge in [0.05, 0.1) is 16.1 Å². The van der Waals surface area contributed by atoms with Crippen molar-refractivity contribution in [2.45, 2.75) is 25.9 Å². The second-order valence-electron chi connectivity index (χ2n) is 3.50. The number of ether oxygens (including phenoxy) is 1. The van der Waals surface area contributed by atoms with Crippen molar-refractivity contribution in [2.24, 2.45) is 0 Å². The molecule has 4 heteroatoms. The molecule has 0 aliphatic carbocycles. The normalized spacial score (nSPS) is 12.8. The van der Waals surface area contributed by atoms with Gasteiger partial charge in [-0.05, 0) is 25.8 Å². The highest BCUT2D eigenvalue weighted by molar-refractivity contribution is 6.42. The second-order valence-corrected chi connectivity index (χ2v) is 4.28. The first-order valence-electron chi connectivity index (χ1n) is 5.36. The first kappa shape index (κ1) is 13.8. The van der Waals surface area contributed by atoms with Crippen LogP contribution in [0.3, 0.4) is 0 Å². The highest BCUT2D eigenvalue weighted by Gasteiger charge is 2.12. The van der Waals surface area contributed by atoms with Gasteiger partial charge in [-0.25, -0.2) is 0 Å². The van der Waals surface area contributed by atoms with Gasteiger partial charge < -0.3 is 9.84 Å². The summed E-state index contributed by atoms with van der Waals surface area (Å²) in [6.07, 6.45) is 0.851. The fraction of sp³-hybridized carbons (Fsp3) is 0.500. The first-order chi connectivity index (χ1) is 7.66. The molecule has 1 rings (SSSR count). The fourth-order valence-corrected chi connectivity index (χ4v) is 1.89. The lowest BCUT2D eigenvalue weighted by atomic mass is 10.1. The maximum absolute atomic E-state index is 9.93. The van der Waals surface area contributed by atoms with E-state index in [0.717, 1.165) is 6.42 Å². The molecule has 0 amide bonds. The molecule has 0 aromatic heterocycles. The van der Waals surface area contributed by atoms with Gasteiger partial charge in [0, 0.05) is 18.8 Å². The summed E-state index contributed by atoms with van der Waals surface area (Å²) in [5, 5.41) is 10.8. The van der Waals surface area contributed by atoms with Gasteiger partial charge in [-0.15, -0.1) is 0 Å². The minimum atomic E-state index is -0.577. The van der Waals surface area contributed by atoms with Crippen LogP contribution in [0, 0.1) is 0 Å². The Morgan fingerprint density at radius 2 is 2.12 bits per heavy atom. The summed E-state index contributed by atoms with van der Waals surface area (Å²) in [6.45, 7) is 3.31. The first-order valence-corrected chi connectivity index (χ1v) is 6.12. The number of hydrogen-bond acceptors (Lipinski definition) is 2. The van der Waals surface area contributed by atoms with Gasteiger partial charge in [0.2, 0.25) is 0 Å². The Labute approximate surface area is 106 Å². The van der Waals surface area contributed by atoms with E-state index in [1.165, 1.54) is 0 Å². The molecule has 0 saturated carbocycles. The summed E-state index contributed by atoms with van der Waals surface area (Å²) < 4.78 is 5.20. The smallest absolute Gasteiger partial charge is 0.0805 e. The Bertz CT molecular complexity index is 329. The van der Waals surface area contributed by atoms with Crippen LogP contribution >= 0.6 is 23.2 Å². The molecule has 0 fully saturated rings. The van der Waals surface area contributed by atoms with Gasteiger partial charge in [0.1, 0.15) is 0 Å². The lowest BCUT2D eigenvalue weighted by Gasteiger charge is -2.13. The lowest BCUT2D eigenvalue weighted by Crippen LogP contribution is -2.01. The average molecular weight is 263 g/mol. The largest absolute Gasteiger partial charge is 0.388 e. The van der Waals surface area contributed by atoms with Gasteiger partial charge in [-0.3, -0.25) is 0 Å². The molecule has 1 aromatic carbocycles. The van der Waals surface area contributed by atoms with Crippen molar-refractivity contribution in [3.8, 4) is 0 Å². The topological polar surface area (TPSA) is 29.5 Å². The molecule has 0 aliphatic rings. The fourth-order valence-electron chi connectivity index (χ4n) is 1.46. The van der Waals surface area contributed by atoms with E-state index in [2.05, 4.69) is 0 Å². The number of aliphatic hydroxyl groups excluding tert-OH is 1. The van der Waals surface area contributed by atoms with E-state index >= 15 is 0 Å². The summed E-state index contributed by atoms with van der Waals surface area (Å²) >= 11 is 11.9. The summed E-state index contributed by atoms with van der Waals surface area (Å²) in [5.74, 6) is 0. The lowest BCUT2D eigenvalue weighted by molar-refractivity contribution is 0.114. The van der Waals surface area contributed by atoms with E-state index in [0.29, 0.717) is 35.2 Å². The van der Waals surface area contributed by atoms with E-state index in [-0.39, 0.29) is 0 Å². The Kier molecular flexibility index (Phi) is 6.14. The van der Waals surface area contributed by atoms with Gasteiger partial charge >= 0.3 is 0 Å². The molecule has 2 nitrogen and oxygen atoms in total.